The summed E-state index contributed by atoms with van der Waals surface area (Å²) in [5.74, 6) is -3.58. The Hall–Kier alpha value is -4.50. The number of nitrogens with zero attached hydrogens (tertiary/aromatic N) is 2. The van der Waals surface area contributed by atoms with Gasteiger partial charge in [0.2, 0.25) is 0 Å². The van der Waals surface area contributed by atoms with Crippen molar-refractivity contribution in [2.45, 2.75) is 25.2 Å². The summed E-state index contributed by atoms with van der Waals surface area (Å²) in [5, 5.41) is 10.8. The average Bonchev–Trinajstić information content (AvgIpc) is 3.01. The molecule has 2 aromatic rings. The van der Waals surface area contributed by atoms with Crippen LogP contribution in [0.2, 0.25) is 0 Å². The number of benzene rings is 2. The Bertz CT molecular complexity index is 1570. The van der Waals surface area contributed by atoms with Gasteiger partial charge in [0.25, 0.3) is 5.91 Å². The van der Waals surface area contributed by atoms with Crippen molar-refractivity contribution >= 4 is 45.2 Å². The van der Waals surface area contributed by atoms with E-state index in [-0.39, 0.29) is 42.7 Å². The Morgan fingerprint density at radius 2 is 1.64 bits per heavy atom. The normalized spacial score (nSPS) is 18.0. The summed E-state index contributed by atoms with van der Waals surface area (Å²) in [6.07, 6.45) is 0.662. The Morgan fingerprint density at radius 3 is 2.20 bits per heavy atom. The summed E-state index contributed by atoms with van der Waals surface area (Å²) in [4.78, 5) is 39.8. The van der Waals surface area contributed by atoms with Crippen molar-refractivity contribution in [2.24, 2.45) is 0 Å². The molecule has 4 rings (SSSR count). The average molecular weight is 633 g/mol. The second-order valence-corrected chi connectivity index (χ2v) is 12.5. The number of hydrogen-bond donors (Lipinski definition) is 4. The smallest absolute Gasteiger partial charge is 0.322 e. The minimum atomic E-state index is -5.16. The van der Waals surface area contributed by atoms with Crippen molar-refractivity contribution in [3.8, 4) is 0 Å². The molecule has 1 aliphatic heterocycles. The van der Waals surface area contributed by atoms with Gasteiger partial charge in [0.1, 0.15) is 0 Å². The Morgan fingerprint density at radius 1 is 1.00 bits per heavy atom. The van der Waals surface area contributed by atoms with Gasteiger partial charge in [0.15, 0.2) is 9.84 Å². The van der Waals surface area contributed by atoms with Crippen LogP contribution in [0.25, 0.3) is 5.57 Å². The van der Waals surface area contributed by atoms with Crippen LogP contribution in [-0.2, 0) is 21.2 Å². The van der Waals surface area contributed by atoms with E-state index in [1.54, 1.807) is 17.6 Å². The summed E-state index contributed by atoms with van der Waals surface area (Å²) in [6, 6.07) is 12.6. The molecular formula is C29H31F3N6O5S. The number of hydrogen-bond acceptors (Lipinski definition) is 7. The predicted octanol–water partition coefficient (Wildman–Crippen LogP) is 2.82. The third-order valence-electron chi connectivity index (χ3n) is 7.32. The van der Waals surface area contributed by atoms with Gasteiger partial charge in [-0.15, -0.1) is 0 Å². The van der Waals surface area contributed by atoms with Gasteiger partial charge in [0.05, 0.1) is 18.1 Å². The van der Waals surface area contributed by atoms with Crippen LogP contribution < -0.4 is 21.1 Å². The largest absolute Gasteiger partial charge is 0.472 e. The van der Waals surface area contributed by atoms with Gasteiger partial charge in [-0.2, -0.15) is 13.2 Å². The number of alkyl halides is 3. The Labute approximate surface area is 252 Å². The number of urea groups is 1. The zero-order valence-electron chi connectivity index (χ0n) is 23.6. The SMILES string of the molecule is CNC1CC(c2ccc(N(Cc3ccc(C(=O)NNC(=O)C(F)(F)F)cc3)C(=O)N3CCS(=O)(=O)CC3)cc2)=CC=C1C=N. The zero-order valence-corrected chi connectivity index (χ0v) is 24.5. The van der Waals surface area contributed by atoms with Gasteiger partial charge in [-0.05, 0) is 60.0 Å². The van der Waals surface area contributed by atoms with E-state index in [0.29, 0.717) is 17.7 Å². The summed E-state index contributed by atoms with van der Waals surface area (Å²) in [6.45, 7) is 0.126. The van der Waals surface area contributed by atoms with Gasteiger partial charge >= 0.3 is 18.1 Å². The van der Waals surface area contributed by atoms with Crippen LogP contribution in [-0.4, -0.2) is 81.2 Å². The van der Waals surface area contributed by atoms with Gasteiger partial charge in [0, 0.05) is 36.6 Å². The van der Waals surface area contributed by atoms with E-state index in [0.717, 1.165) is 16.7 Å². The van der Waals surface area contributed by atoms with E-state index in [9.17, 15) is 36.0 Å². The maximum atomic E-state index is 13.7. The maximum absolute atomic E-state index is 13.7. The van der Waals surface area contributed by atoms with Crippen molar-refractivity contribution in [1.82, 2.24) is 21.1 Å². The second kappa shape index (κ2) is 13.4. The molecule has 0 saturated carbocycles. The van der Waals surface area contributed by atoms with Crippen molar-refractivity contribution in [2.75, 3.05) is 36.5 Å². The number of carbonyl (C=O) groups is 3. The molecule has 1 heterocycles. The number of hydrazine groups is 1. The van der Waals surface area contributed by atoms with E-state index < -0.39 is 33.9 Å². The van der Waals surface area contributed by atoms with Crippen molar-refractivity contribution in [3.05, 3.63) is 82.9 Å². The molecule has 234 valence electrons. The Kier molecular flexibility index (Phi) is 9.89. The monoisotopic (exact) mass is 632 g/mol. The van der Waals surface area contributed by atoms with E-state index in [1.807, 2.05) is 31.3 Å². The zero-order chi connectivity index (χ0) is 32.1. The molecule has 0 spiro atoms. The quantitative estimate of drug-likeness (QED) is 0.272. The molecule has 0 radical (unpaired) electrons. The molecule has 4 N–H and O–H groups in total. The lowest BCUT2D eigenvalue weighted by molar-refractivity contribution is -0.174. The molecule has 0 bridgehead atoms. The highest BCUT2D eigenvalue weighted by atomic mass is 32.2. The fourth-order valence-corrected chi connectivity index (χ4v) is 5.95. The topological polar surface area (TPSA) is 152 Å². The van der Waals surface area contributed by atoms with E-state index in [4.69, 9.17) is 5.41 Å². The van der Waals surface area contributed by atoms with Gasteiger partial charge in [-0.1, -0.05) is 36.4 Å². The number of carbonyl (C=O) groups excluding carboxylic acids is 3. The first-order valence-corrected chi connectivity index (χ1v) is 15.4. The summed E-state index contributed by atoms with van der Waals surface area (Å²) in [7, 11) is -1.40. The first-order valence-electron chi connectivity index (χ1n) is 13.5. The molecule has 4 amide bonds. The predicted molar refractivity (Wildman–Crippen MR) is 159 cm³/mol. The van der Waals surface area contributed by atoms with Crippen LogP contribution >= 0.6 is 0 Å². The molecule has 1 saturated heterocycles. The number of rotatable bonds is 7. The lowest BCUT2D eigenvalue weighted by Gasteiger charge is -2.33. The minimum Gasteiger partial charge on any atom is -0.322 e. The third-order valence-corrected chi connectivity index (χ3v) is 8.93. The van der Waals surface area contributed by atoms with Crippen LogP contribution in [0.3, 0.4) is 0 Å². The summed E-state index contributed by atoms with van der Waals surface area (Å²) >= 11 is 0. The van der Waals surface area contributed by atoms with Crippen LogP contribution in [0.15, 0.2) is 66.3 Å². The van der Waals surface area contributed by atoms with Crippen molar-refractivity contribution in [1.29, 1.82) is 5.41 Å². The molecule has 44 heavy (non-hydrogen) atoms. The molecule has 1 unspecified atom stereocenters. The number of nitrogens with one attached hydrogen (secondary N) is 4. The minimum absolute atomic E-state index is 0.00778. The molecule has 15 heteroatoms. The van der Waals surface area contributed by atoms with Crippen LogP contribution in [0.5, 0.6) is 0 Å². The van der Waals surface area contributed by atoms with Gasteiger partial charge in [-0.25, -0.2) is 13.2 Å². The van der Waals surface area contributed by atoms with Crippen LogP contribution in [0, 0.1) is 5.41 Å². The van der Waals surface area contributed by atoms with Gasteiger partial charge in [-0.3, -0.25) is 25.3 Å². The molecule has 1 aliphatic carbocycles. The first kappa shape index (κ1) is 32.4. The number of sulfone groups is 1. The van der Waals surface area contributed by atoms with Crippen molar-refractivity contribution < 1.29 is 36.0 Å². The maximum Gasteiger partial charge on any atom is 0.472 e. The lowest BCUT2D eigenvalue weighted by atomic mass is 9.89. The molecule has 2 aliphatic rings. The standard InChI is InChI=1S/C29H31F3N6O5S/c1-34-25-16-22(6-7-23(25)17-33)20-8-10-24(11-9-20)38(28(41)37-12-14-44(42,43)15-13-37)18-19-2-4-21(5-3-19)26(39)35-36-27(40)29(30,31)32/h2-11,17,25,33-34H,12-16,18H2,1H3,(H,35,39)(H,36,40). The molecule has 1 fully saturated rings. The van der Waals surface area contributed by atoms with Crippen molar-refractivity contribution in [3.63, 3.8) is 0 Å². The highest BCUT2D eigenvalue weighted by molar-refractivity contribution is 7.91. The van der Waals surface area contributed by atoms with Crippen LogP contribution in [0.1, 0.15) is 27.9 Å². The summed E-state index contributed by atoms with van der Waals surface area (Å²) in [5.41, 5.74) is 6.94. The third kappa shape index (κ3) is 7.90. The van der Waals surface area contributed by atoms with Crippen LogP contribution in [0.4, 0.5) is 23.7 Å². The summed E-state index contributed by atoms with van der Waals surface area (Å²) < 4.78 is 61.1. The molecule has 1 atom stereocenters. The number of halogens is 3. The molecule has 2 aromatic carbocycles. The van der Waals surface area contributed by atoms with E-state index >= 15 is 0 Å². The highest BCUT2D eigenvalue weighted by Crippen LogP contribution is 2.29. The number of allylic oxidation sites excluding steroid dienone is 2. The Balaban J connectivity index is 1.54. The lowest BCUT2D eigenvalue weighted by Crippen LogP contribution is -2.49. The molecule has 11 nitrogen and oxygen atoms in total. The number of anilines is 1. The van der Waals surface area contributed by atoms with Gasteiger partial charge < -0.3 is 15.6 Å². The first-order chi connectivity index (χ1) is 20.8. The fraction of sp³-hybridized carbons (Fsp3) is 0.310. The van der Waals surface area contributed by atoms with E-state index in [2.05, 4.69) is 5.32 Å². The number of likely N-dealkylation sites (N-methyl/N-ethyl adjacent to an activating group) is 1. The highest BCUT2D eigenvalue weighted by Gasteiger charge is 2.39. The molecular weight excluding hydrogens is 601 g/mol. The number of amides is 4. The second-order valence-electron chi connectivity index (χ2n) is 10.2. The molecule has 0 aromatic heterocycles. The van der Waals surface area contributed by atoms with E-state index in [1.165, 1.54) is 45.7 Å². The fourth-order valence-electron chi connectivity index (χ4n) is 4.75.